The van der Waals surface area contributed by atoms with Gasteiger partial charge < -0.3 is 9.64 Å². The van der Waals surface area contributed by atoms with Crippen LogP contribution in [0.4, 0.5) is 4.39 Å². The fourth-order valence-corrected chi connectivity index (χ4v) is 5.21. The van der Waals surface area contributed by atoms with Crippen LogP contribution in [0, 0.1) is 18.2 Å². The number of terminal acetylenes is 1. The van der Waals surface area contributed by atoms with E-state index >= 15 is 0 Å². The van der Waals surface area contributed by atoms with Gasteiger partial charge in [-0.05, 0) is 49.7 Å². The van der Waals surface area contributed by atoms with Crippen LogP contribution in [0.5, 0.6) is 0 Å². The van der Waals surface area contributed by atoms with Crippen molar-refractivity contribution < 1.29 is 22.3 Å². The molecular weight excluding hydrogens is 419 g/mol. The highest BCUT2D eigenvalue weighted by Crippen LogP contribution is 2.22. The summed E-state index contributed by atoms with van der Waals surface area (Å²) < 4.78 is 46.5. The van der Waals surface area contributed by atoms with Gasteiger partial charge in [0.2, 0.25) is 10.0 Å². The van der Waals surface area contributed by atoms with Crippen LogP contribution in [0.15, 0.2) is 53.4 Å². The first-order chi connectivity index (χ1) is 14.7. The summed E-state index contributed by atoms with van der Waals surface area (Å²) in [5, 5.41) is 0. The molecule has 1 fully saturated rings. The lowest BCUT2D eigenvalue weighted by Crippen LogP contribution is -2.48. The van der Waals surface area contributed by atoms with Crippen molar-refractivity contribution >= 4 is 15.9 Å². The molecule has 2 aromatic carbocycles. The van der Waals surface area contributed by atoms with Crippen molar-refractivity contribution in [3.63, 3.8) is 0 Å². The predicted molar refractivity (Wildman–Crippen MR) is 115 cm³/mol. The van der Waals surface area contributed by atoms with Crippen LogP contribution in [0.1, 0.15) is 29.8 Å². The Hall–Kier alpha value is -2.73. The van der Waals surface area contributed by atoms with Gasteiger partial charge in [-0.15, -0.1) is 6.42 Å². The molecule has 3 rings (SSSR count). The van der Waals surface area contributed by atoms with Crippen LogP contribution < -0.4 is 0 Å². The van der Waals surface area contributed by atoms with Gasteiger partial charge in [0.05, 0.1) is 23.6 Å². The number of carbonyl (C=O) groups excluding carboxylic acids is 1. The molecule has 1 aliphatic heterocycles. The number of amides is 1. The van der Waals surface area contributed by atoms with Gasteiger partial charge in [-0.2, -0.15) is 4.31 Å². The van der Waals surface area contributed by atoms with E-state index < -0.39 is 15.9 Å². The molecule has 0 aromatic heterocycles. The summed E-state index contributed by atoms with van der Waals surface area (Å²) in [7, 11) is -3.78. The molecule has 8 heteroatoms. The Morgan fingerprint density at radius 2 is 1.84 bits per heavy atom. The minimum atomic E-state index is -3.78. The van der Waals surface area contributed by atoms with Crippen molar-refractivity contribution in [3.05, 3.63) is 65.5 Å². The second kappa shape index (κ2) is 9.60. The average Bonchev–Trinajstić information content (AvgIpc) is 2.74. The van der Waals surface area contributed by atoms with E-state index in [9.17, 15) is 17.6 Å². The van der Waals surface area contributed by atoms with Crippen LogP contribution in [0.3, 0.4) is 0 Å². The van der Waals surface area contributed by atoms with E-state index in [2.05, 4.69) is 5.92 Å². The molecule has 1 heterocycles. The minimum Gasteiger partial charge on any atom is -0.373 e. The maximum Gasteiger partial charge on any atom is 0.254 e. The lowest BCUT2D eigenvalue weighted by Gasteiger charge is -2.34. The third kappa shape index (κ3) is 5.50. The van der Waals surface area contributed by atoms with Crippen molar-refractivity contribution in [2.45, 2.75) is 37.5 Å². The summed E-state index contributed by atoms with van der Waals surface area (Å²) in [4.78, 5) is 14.6. The molecule has 31 heavy (non-hydrogen) atoms. The van der Waals surface area contributed by atoms with Gasteiger partial charge in [-0.25, -0.2) is 12.8 Å². The third-order valence-electron chi connectivity index (χ3n) is 4.96. The highest BCUT2D eigenvalue weighted by molar-refractivity contribution is 7.89. The quantitative estimate of drug-likeness (QED) is 0.643. The van der Waals surface area contributed by atoms with E-state index in [0.29, 0.717) is 5.56 Å². The number of ether oxygens (including phenoxy) is 1. The number of sulfonamides is 1. The van der Waals surface area contributed by atoms with E-state index in [0.717, 1.165) is 0 Å². The first-order valence-corrected chi connectivity index (χ1v) is 11.4. The summed E-state index contributed by atoms with van der Waals surface area (Å²) in [6.07, 6.45) is 4.99. The van der Waals surface area contributed by atoms with Gasteiger partial charge in [0.1, 0.15) is 5.82 Å². The molecule has 1 amide bonds. The fourth-order valence-electron chi connectivity index (χ4n) is 3.57. The van der Waals surface area contributed by atoms with Gasteiger partial charge >= 0.3 is 0 Å². The molecule has 2 aromatic rings. The van der Waals surface area contributed by atoms with Crippen LogP contribution in [-0.2, 0) is 21.3 Å². The van der Waals surface area contributed by atoms with E-state index in [1.54, 1.807) is 24.3 Å². The Balaban J connectivity index is 1.85. The summed E-state index contributed by atoms with van der Waals surface area (Å²) in [6.45, 7) is 4.36. The Labute approximate surface area is 182 Å². The highest BCUT2D eigenvalue weighted by Gasteiger charge is 2.32. The predicted octanol–water partition coefficient (Wildman–Crippen LogP) is 2.90. The summed E-state index contributed by atoms with van der Waals surface area (Å²) in [6, 6.07) is 11.7. The number of benzene rings is 2. The largest absolute Gasteiger partial charge is 0.373 e. The summed E-state index contributed by atoms with van der Waals surface area (Å²) >= 11 is 0. The van der Waals surface area contributed by atoms with Gasteiger partial charge in [0.15, 0.2) is 0 Å². The summed E-state index contributed by atoms with van der Waals surface area (Å²) in [5.41, 5.74) is 0.929. The van der Waals surface area contributed by atoms with Gasteiger partial charge in [0, 0.05) is 25.2 Å². The van der Waals surface area contributed by atoms with Crippen LogP contribution in [0.2, 0.25) is 0 Å². The van der Waals surface area contributed by atoms with Crippen LogP contribution in [0.25, 0.3) is 0 Å². The van der Waals surface area contributed by atoms with E-state index in [1.807, 2.05) is 13.8 Å². The minimum absolute atomic E-state index is 0.0334. The highest BCUT2D eigenvalue weighted by atomic mass is 32.2. The Morgan fingerprint density at radius 1 is 1.19 bits per heavy atom. The van der Waals surface area contributed by atoms with Gasteiger partial charge in [-0.1, -0.05) is 24.1 Å². The number of hydrogen-bond donors (Lipinski definition) is 0. The third-order valence-corrected chi connectivity index (χ3v) is 6.79. The second-order valence-electron chi connectivity index (χ2n) is 7.60. The lowest BCUT2D eigenvalue weighted by molar-refractivity contribution is -0.0440. The molecule has 2 atom stereocenters. The molecule has 0 radical (unpaired) electrons. The van der Waals surface area contributed by atoms with Gasteiger partial charge in [-0.3, -0.25) is 4.79 Å². The van der Waals surface area contributed by atoms with Crippen molar-refractivity contribution in [2.75, 3.05) is 19.6 Å². The molecule has 1 saturated heterocycles. The maximum atomic E-state index is 13.2. The molecule has 2 unspecified atom stereocenters. The number of nitrogens with zero attached hydrogens (tertiary/aromatic N) is 2. The molecular formula is C23H25FN2O4S. The number of carbonyl (C=O) groups is 1. The fraction of sp³-hybridized carbons (Fsp3) is 0.348. The van der Waals surface area contributed by atoms with Crippen molar-refractivity contribution in [1.29, 1.82) is 0 Å². The average molecular weight is 445 g/mol. The zero-order valence-corrected chi connectivity index (χ0v) is 18.3. The van der Waals surface area contributed by atoms with Gasteiger partial charge in [0.25, 0.3) is 5.91 Å². The number of morpholine rings is 1. The first kappa shape index (κ1) is 22.9. The molecule has 0 saturated carbocycles. The Kier molecular flexibility index (Phi) is 7.11. The van der Waals surface area contributed by atoms with Crippen LogP contribution in [-0.4, -0.2) is 55.4 Å². The Bertz CT molecular complexity index is 1070. The monoisotopic (exact) mass is 444 g/mol. The lowest BCUT2D eigenvalue weighted by atomic mass is 10.1. The maximum absolute atomic E-state index is 13.2. The molecule has 1 aliphatic rings. The Morgan fingerprint density at radius 3 is 2.45 bits per heavy atom. The normalized spacial score (nSPS) is 19.5. The molecule has 0 spiro atoms. The number of halogens is 1. The first-order valence-electron chi connectivity index (χ1n) is 9.93. The van der Waals surface area contributed by atoms with E-state index in [1.165, 1.54) is 33.5 Å². The number of hydrogen-bond acceptors (Lipinski definition) is 4. The molecule has 0 aliphatic carbocycles. The van der Waals surface area contributed by atoms with Crippen molar-refractivity contribution in [2.24, 2.45) is 0 Å². The zero-order valence-electron chi connectivity index (χ0n) is 17.5. The van der Waals surface area contributed by atoms with E-state index in [4.69, 9.17) is 11.2 Å². The molecule has 6 nitrogen and oxygen atoms in total. The van der Waals surface area contributed by atoms with Crippen LogP contribution >= 0.6 is 0 Å². The second-order valence-corrected chi connectivity index (χ2v) is 9.54. The SMILES string of the molecule is C#CCN(Cc1ccc(F)cc1)C(=O)c1cccc(S(=O)(=O)N2CC(C)OC(C)C2)c1. The van der Waals surface area contributed by atoms with E-state index in [-0.39, 0.29) is 54.7 Å². The molecule has 0 N–H and O–H groups in total. The van der Waals surface area contributed by atoms with Crippen molar-refractivity contribution in [1.82, 2.24) is 9.21 Å². The molecule has 164 valence electrons. The summed E-state index contributed by atoms with van der Waals surface area (Å²) in [5.74, 6) is 1.68. The van der Waals surface area contributed by atoms with Crippen molar-refractivity contribution in [3.8, 4) is 12.3 Å². The topological polar surface area (TPSA) is 66.9 Å². The smallest absolute Gasteiger partial charge is 0.254 e. The molecule has 0 bridgehead atoms. The number of rotatable bonds is 6. The standard InChI is InChI=1S/C23H25FN2O4S/c1-4-12-25(16-19-8-10-21(24)11-9-19)23(27)20-6-5-7-22(13-20)31(28,29)26-14-17(2)30-18(3)15-26/h1,5-11,13,17-18H,12,14-16H2,2-3H3. The zero-order chi connectivity index (χ0) is 22.6.